The highest BCUT2D eigenvalue weighted by atomic mass is 32.2. The van der Waals surface area contributed by atoms with Crippen LogP contribution in [0.25, 0.3) is 0 Å². The molecule has 126 valence electrons. The maximum atomic E-state index is 12.6. The van der Waals surface area contributed by atoms with Gasteiger partial charge < -0.3 is 4.74 Å². The van der Waals surface area contributed by atoms with Gasteiger partial charge in [-0.1, -0.05) is 0 Å². The second kappa shape index (κ2) is 6.04. The summed E-state index contributed by atoms with van der Waals surface area (Å²) in [6.07, 6.45) is 0.842. The fourth-order valence-corrected chi connectivity index (χ4v) is 4.64. The van der Waals surface area contributed by atoms with E-state index in [4.69, 9.17) is 9.57 Å². The average molecular weight is 333 g/mol. The van der Waals surface area contributed by atoms with Gasteiger partial charge in [0, 0.05) is 33.1 Å². The first-order chi connectivity index (χ1) is 10.4. The molecule has 0 N–H and O–H groups in total. The maximum Gasteiger partial charge on any atom is 0.281 e. The van der Waals surface area contributed by atoms with Crippen molar-refractivity contribution < 1.29 is 22.8 Å². The van der Waals surface area contributed by atoms with E-state index in [1.165, 1.54) is 27.8 Å². The molecule has 3 aliphatic heterocycles. The molecular formula is C13H23N3O5S. The molecule has 0 bridgehead atoms. The van der Waals surface area contributed by atoms with Crippen molar-refractivity contribution in [3.8, 4) is 0 Å². The zero-order valence-corrected chi connectivity index (χ0v) is 13.8. The minimum absolute atomic E-state index is 0.000162. The molecule has 3 heterocycles. The first-order valence-corrected chi connectivity index (χ1v) is 9.00. The summed E-state index contributed by atoms with van der Waals surface area (Å²) in [6, 6.07) is 0. The first kappa shape index (κ1) is 16.1. The lowest BCUT2D eigenvalue weighted by Gasteiger charge is -2.33. The van der Waals surface area contributed by atoms with Gasteiger partial charge in [0.25, 0.3) is 16.1 Å². The Morgan fingerprint density at radius 3 is 2.64 bits per heavy atom. The SMILES string of the molecule is CN(C)S(=O)(=O)N1C[C@@H]2COC[C@@H](C(=O)N3CCCO3)[C@@H]2C1. The third-order valence-electron chi connectivity index (χ3n) is 4.71. The predicted octanol–water partition coefficient (Wildman–Crippen LogP) is -0.849. The molecular weight excluding hydrogens is 310 g/mol. The van der Waals surface area contributed by atoms with E-state index < -0.39 is 10.2 Å². The fourth-order valence-electron chi connectivity index (χ4n) is 3.44. The highest BCUT2D eigenvalue weighted by Gasteiger charge is 2.48. The van der Waals surface area contributed by atoms with Crippen LogP contribution in [0, 0.1) is 17.8 Å². The number of nitrogens with zero attached hydrogens (tertiary/aromatic N) is 3. The lowest BCUT2D eigenvalue weighted by atomic mass is 9.82. The molecule has 3 atom stereocenters. The molecule has 0 saturated carbocycles. The number of amides is 1. The molecule has 8 nitrogen and oxygen atoms in total. The summed E-state index contributed by atoms with van der Waals surface area (Å²) in [5.74, 6) is -0.323. The number of rotatable bonds is 3. The zero-order valence-electron chi connectivity index (χ0n) is 13.0. The number of ether oxygens (including phenoxy) is 1. The third kappa shape index (κ3) is 2.76. The van der Waals surface area contributed by atoms with Crippen LogP contribution in [-0.2, 0) is 24.6 Å². The number of carbonyl (C=O) groups is 1. The second-order valence-corrected chi connectivity index (χ2v) is 8.44. The van der Waals surface area contributed by atoms with Crippen LogP contribution in [0.5, 0.6) is 0 Å². The van der Waals surface area contributed by atoms with Gasteiger partial charge in [0.15, 0.2) is 0 Å². The Morgan fingerprint density at radius 1 is 1.23 bits per heavy atom. The zero-order chi connectivity index (χ0) is 15.9. The topological polar surface area (TPSA) is 79.4 Å². The molecule has 3 fully saturated rings. The van der Waals surface area contributed by atoms with Crippen molar-refractivity contribution in [3.05, 3.63) is 0 Å². The Hall–Kier alpha value is -0.740. The van der Waals surface area contributed by atoms with Gasteiger partial charge in [-0.25, -0.2) is 5.06 Å². The first-order valence-electron chi connectivity index (χ1n) is 7.61. The van der Waals surface area contributed by atoms with E-state index in [0.717, 1.165) is 6.42 Å². The fraction of sp³-hybridized carbons (Fsp3) is 0.923. The van der Waals surface area contributed by atoms with Gasteiger partial charge in [-0.05, 0) is 12.3 Å². The quantitative estimate of drug-likeness (QED) is 0.672. The standard InChI is InChI=1S/C13H23N3O5S/c1-14(2)22(18,19)15-6-10-8-20-9-12(11(10)7-15)13(17)16-4-3-5-21-16/h10-12H,3-9H2,1-2H3/t10-,11-,12-/m1/s1. The number of fused-ring (bicyclic) bond motifs is 1. The van der Waals surface area contributed by atoms with E-state index in [9.17, 15) is 13.2 Å². The van der Waals surface area contributed by atoms with Crippen molar-refractivity contribution in [2.75, 3.05) is 53.6 Å². The minimum Gasteiger partial charge on any atom is -0.380 e. The molecule has 0 aromatic carbocycles. The van der Waals surface area contributed by atoms with Crippen LogP contribution in [0.1, 0.15) is 6.42 Å². The summed E-state index contributed by atoms with van der Waals surface area (Å²) < 4.78 is 32.8. The summed E-state index contributed by atoms with van der Waals surface area (Å²) >= 11 is 0. The molecule has 3 saturated heterocycles. The van der Waals surface area contributed by atoms with E-state index in [-0.39, 0.29) is 23.7 Å². The molecule has 0 aromatic rings. The van der Waals surface area contributed by atoms with Crippen molar-refractivity contribution in [3.63, 3.8) is 0 Å². The molecule has 22 heavy (non-hydrogen) atoms. The van der Waals surface area contributed by atoms with E-state index in [1.54, 1.807) is 0 Å². The van der Waals surface area contributed by atoms with Gasteiger partial charge in [-0.15, -0.1) is 0 Å². The predicted molar refractivity (Wildman–Crippen MR) is 77.8 cm³/mol. The van der Waals surface area contributed by atoms with Crippen molar-refractivity contribution >= 4 is 16.1 Å². The van der Waals surface area contributed by atoms with Gasteiger partial charge in [0.1, 0.15) is 0 Å². The average Bonchev–Trinajstić information content (AvgIpc) is 3.15. The Kier molecular flexibility index (Phi) is 4.43. The molecule has 3 rings (SSSR count). The van der Waals surface area contributed by atoms with Crippen LogP contribution in [0.15, 0.2) is 0 Å². The van der Waals surface area contributed by atoms with E-state index in [2.05, 4.69) is 0 Å². The van der Waals surface area contributed by atoms with E-state index in [1.807, 2.05) is 0 Å². The number of hydrogen-bond acceptors (Lipinski definition) is 5. The van der Waals surface area contributed by atoms with E-state index >= 15 is 0 Å². The second-order valence-electron chi connectivity index (χ2n) is 6.30. The lowest BCUT2D eigenvalue weighted by Crippen LogP contribution is -2.45. The number of hydrogen-bond donors (Lipinski definition) is 0. The molecule has 0 radical (unpaired) electrons. The summed E-state index contributed by atoms with van der Waals surface area (Å²) in [6.45, 7) is 2.81. The van der Waals surface area contributed by atoms with Gasteiger partial charge in [0.05, 0.1) is 32.3 Å². The summed E-state index contributed by atoms with van der Waals surface area (Å²) in [7, 11) is -0.403. The number of hydroxylamine groups is 2. The largest absolute Gasteiger partial charge is 0.380 e. The Balaban J connectivity index is 1.74. The summed E-state index contributed by atoms with van der Waals surface area (Å²) in [5, 5.41) is 1.42. The van der Waals surface area contributed by atoms with Crippen LogP contribution < -0.4 is 0 Å². The highest BCUT2D eigenvalue weighted by Crippen LogP contribution is 2.36. The van der Waals surface area contributed by atoms with Crippen molar-refractivity contribution in [1.29, 1.82) is 0 Å². The molecule has 9 heteroatoms. The summed E-state index contributed by atoms with van der Waals surface area (Å²) in [4.78, 5) is 17.9. The van der Waals surface area contributed by atoms with Crippen LogP contribution in [0.2, 0.25) is 0 Å². The van der Waals surface area contributed by atoms with Crippen LogP contribution >= 0.6 is 0 Å². The number of carbonyl (C=O) groups excluding carboxylic acids is 1. The molecule has 0 aliphatic carbocycles. The molecule has 3 aliphatic rings. The van der Waals surface area contributed by atoms with E-state index in [0.29, 0.717) is 39.5 Å². The normalized spacial score (nSPS) is 33.4. The lowest BCUT2D eigenvalue weighted by molar-refractivity contribution is -0.181. The Morgan fingerprint density at radius 2 is 2.00 bits per heavy atom. The van der Waals surface area contributed by atoms with Gasteiger partial charge in [0.2, 0.25) is 0 Å². The third-order valence-corrected chi connectivity index (χ3v) is 6.58. The molecule has 0 aromatic heterocycles. The maximum absolute atomic E-state index is 12.6. The van der Waals surface area contributed by atoms with Crippen LogP contribution in [-0.4, -0.2) is 81.5 Å². The highest BCUT2D eigenvalue weighted by molar-refractivity contribution is 7.86. The monoisotopic (exact) mass is 333 g/mol. The molecule has 1 amide bonds. The van der Waals surface area contributed by atoms with Crippen LogP contribution in [0.4, 0.5) is 0 Å². The smallest absolute Gasteiger partial charge is 0.281 e. The van der Waals surface area contributed by atoms with Crippen molar-refractivity contribution in [1.82, 2.24) is 13.7 Å². The van der Waals surface area contributed by atoms with Crippen molar-refractivity contribution in [2.45, 2.75) is 6.42 Å². The Bertz CT molecular complexity index is 532. The van der Waals surface area contributed by atoms with Crippen molar-refractivity contribution in [2.24, 2.45) is 17.8 Å². The molecule has 0 spiro atoms. The van der Waals surface area contributed by atoms with Crippen LogP contribution in [0.3, 0.4) is 0 Å². The van der Waals surface area contributed by atoms with Gasteiger partial charge >= 0.3 is 0 Å². The van der Waals surface area contributed by atoms with Gasteiger partial charge in [-0.3, -0.25) is 9.63 Å². The Labute approximate surface area is 131 Å². The minimum atomic E-state index is -3.45. The molecule has 0 unspecified atom stereocenters. The summed E-state index contributed by atoms with van der Waals surface area (Å²) in [5.41, 5.74) is 0. The van der Waals surface area contributed by atoms with Gasteiger partial charge in [-0.2, -0.15) is 17.0 Å².